The largest absolute Gasteiger partial charge is 0.352 e. The van der Waals surface area contributed by atoms with Crippen LogP contribution in [0, 0.1) is 12.7 Å². The molecule has 1 N–H and O–H groups in total. The topological polar surface area (TPSA) is 29.1 Å². The van der Waals surface area contributed by atoms with E-state index in [-0.39, 0.29) is 11.5 Å². The smallest absolute Gasteiger partial charge is 0.254 e. The van der Waals surface area contributed by atoms with E-state index < -0.39 is 5.82 Å². The van der Waals surface area contributed by atoms with Crippen molar-refractivity contribution in [2.75, 3.05) is 12.4 Å². The summed E-state index contributed by atoms with van der Waals surface area (Å²) < 4.78 is 13.3. The van der Waals surface area contributed by atoms with E-state index in [9.17, 15) is 9.18 Å². The van der Waals surface area contributed by atoms with Gasteiger partial charge in [-0.15, -0.1) is 11.6 Å². The minimum atomic E-state index is -0.486. The van der Waals surface area contributed by atoms with Crippen molar-refractivity contribution >= 4 is 17.5 Å². The van der Waals surface area contributed by atoms with E-state index in [2.05, 4.69) is 5.32 Å². The van der Waals surface area contributed by atoms with Gasteiger partial charge in [0.25, 0.3) is 5.91 Å². The molecule has 0 aliphatic heterocycles. The fourth-order valence-electron chi connectivity index (χ4n) is 1.33. The number of aryl methyl sites for hydroxylation is 1. The van der Waals surface area contributed by atoms with Gasteiger partial charge in [0.05, 0.1) is 5.56 Å². The maximum Gasteiger partial charge on any atom is 0.254 e. The zero-order valence-electron chi connectivity index (χ0n) is 9.22. The molecule has 1 amide bonds. The average Bonchev–Trinajstić information content (AvgIpc) is 2.27. The van der Waals surface area contributed by atoms with E-state index in [1.807, 2.05) is 6.92 Å². The van der Waals surface area contributed by atoms with Gasteiger partial charge in [-0.25, -0.2) is 4.39 Å². The zero-order valence-corrected chi connectivity index (χ0v) is 9.98. The fourth-order valence-corrected chi connectivity index (χ4v) is 1.52. The van der Waals surface area contributed by atoms with Crippen LogP contribution in [0.15, 0.2) is 18.2 Å². The Morgan fingerprint density at radius 1 is 1.44 bits per heavy atom. The molecule has 0 aliphatic carbocycles. The Balaban J connectivity index is 2.55. The summed E-state index contributed by atoms with van der Waals surface area (Å²) in [4.78, 5) is 11.6. The molecule has 0 spiro atoms. The molecule has 0 atom stereocenters. The van der Waals surface area contributed by atoms with Crippen molar-refractivity contribution < 1.29 is 9.18 Å². The lowest BCUT2D eigenvalue weighted by Crippen LogP contribution is -2.25. The first kappa shape index (κ1) is 13.0. The number of carbonyl (C=O) groups is 1. The van der Waals surface area contributed by atoms with Gasteiger partial charge in [0, 0.05) is 12.4 Å². The van der Waals surface area contributed by atoms with Crippen molar-refractivity contribution in [1.29, 1.82) is 0 Å². The molecule has 0 fully saturated rings. The summed E-state index contributed by atoms with van der Waals surface area (Å²) in [5, 5.41) is 2.66. The number of carbonyl (C=O) groups excluding carboxylic acids is 1. The summed E-state index contributed by atoms with van der Waals surface area (Å²) in [5.41, 5.74) is 0.971. The molecule has 2 nitrogen and oxygen atoms in total. The maximum absolute atomic E-state index is 13.3. The number of hydrogen-bond acceptors (Lipinski definition) is 1. The molecule has 1 rings (SSSR count). The van der Waals surface area contributed by atoms with Crippen LogP contribution in [-0.2, 0) is 0 Å². The molecular formula is C12H15ClFNO. The Morgan fingerprint density at radius 3 is 2.88 bits per heavy atom. The summed E-state index contributed by atoms with van der Waals surface area (Å²) >= 11 is 5.51. The summed E-state index contributed by atoms with van der Waals surface area (Å²) in [5.74, 6) is -0.273. The number of unbranched alkanes of at least 4 members (excludes halogenated alkanes) is 1. The highest BCUT2D eigenvalue weighted by atomic mass is 35.5. The molecule has 0 heterocycles. The van der Waals surface area contributed by atoms with Gasteiger partial charge in [-0.05, 0) is 31.9 Å². The third kappa shape index (κ3) is 3.81. The Morgan fingerprint density at radius 2 is 2.19 bits per heavy atom. The predicted molar refractivity (Wildman–Crippen MR) is 63.4 cm³/mol. The molecule has 0 aromatic heterocycles. The van der Waals surface area contributed by atoms with Crippen LogP contribution in [0.25, 0.3) is 0 Å². The van der Waals surface area contributed by atoms with Crippen molar-refractivity contribution in [3.63, 3.8) is 0 Å². The highest BCUT2D eigenvalue weighted by Crippen LogP contribution is 2.09. The first-order valence-corrected chi connectivity index (χ1v) is 5.79. The lowest BCUT2D eigenvalue weighted by Gasteiger charge is -2.06. The van der Waals surface area contributed by atoms with Gasteiger partial charge in [-0.1, -0.05) is 11.6 Å². The SMILES string of the molecule is Cc1ccc(F)c(C(=O)NCCCCCl)c1. The first-order valence-electron chi connectivity index (χ1n) is 5.25. The van der Waals surface area contributed by atoms with E-state index in [0.29, 0.717) is 12.4 Å². The van der Waals surface area contributed by atoms with E-state index in [1.54, 1.807) is 12.1 Å². The second kappa shape index (κ2) is 6.48. The van der Waals surface area contributed by atoms with Crippen LogP contribution >= 0.6 is 11.6 Å². The van der Waals surface area contributed by atoms with E-state index in [0.717, 1.165) is 18.4 Å². The molecule has 1 aromatic rings. The lowest BCUT2D eigenvalue weighted by atomic mass is 10.1. The van der Waals surface area contributed by atoms with Crippen LogP contribution in [0.3, 0.4) is 0 Å². The predicted octanol–water partition coefficient (Wildman–Crippen LogP) is 2.88. The quantitative estimate of drug-likeness (QED) is 0.625. The number of halogens is 2. The molecule has 88 valence electrons. The molecule has 1 aromatic carbocycles. The minimum Gasteiger partial charge on any atom is -0.352 e. The standard InChI is InChI=1S/C12H15ClFNO/c1-9-4-5-11(14)10(8-9)12(16)15-7-3-2-6-13/h4-5,8H,2-3,6-7H2,1H3,(H,15,16). The van der Waals surface area contributed by atoms with Crippen molar-refractivity contribution in [1.82, 2.24) is 5.32 Å². The van der Waals surface area contributed by atoms with Gasteiger partial charge in [0.1, 0.15) is 5.82 Å². The van der Waals surface area contributed by atoms with Crippen molar-refractivity contribution in [2.45, 2.75) is 19.8 Å². The van der Waals surface area contributed by atoms with Crippen LogP contribution in [0.1, 0.15) is 28.8 Å². The highest BCUT2D eigenvalue weighted by Gasteiger charge is 2.10. The molecule has 0 bridgehead atoms. The second-order valence-electron chi connectivity index (χ2n) is 3.64. The Bertz CT molecular complexity index is 368. The third-order valence-electron chi connectivity index (χ3n) is 2.21. The average molecular weight is 244 g/mol. The number of benzene rings is 1. The van der Waals surface area contributed by atoms with Crippen molar-refractivity contribution in [3.8, 4) is 0 Å². The number of amides is 1. The van der Waals surface area contributed by atoms with Crippen LogP contribution in [-0.4, -0.2) is 18.3 Å². The monoisotopic (exact) mass is 243 g/mol. The summed E-state index contributed by atoms with van der Waals surface area (Å²) in [7, 11) is 0. The van der Waals surface area contributed by atoms with Gasteiger partial charge in [-0.2, -0.15) is 0 Å². The lowest BCUT2D eigenvalue weighted by molar-refractivity contribution is 0.0949. The fraction of sp³-hybridized carbons (Fsp3) is 0.417. The summed E-state index contributed by atoms with van der Waals surface area (Å²) in [6.07, 6.45) is 1.65. The van der Waals surface area contributed by atoms with Gasteiger partial charge in [0.15, 0.2) is 0 Å². The van der Waals surface area contributed by atoms with Crippen molar-refractivity contribution in [3.05, 3.63) is 35.1 Å². The Kier molecular flexibility index (Phi) is 5.26. The zero-order chi connectivity index (χ0) is 12.0. The molecule has 0 aliphatic rings. The Hall–Kier alpha value is -1.09. The summed E-state index contributed by atoms with van der Waals surface area (Å²) in [6.45, 7) is 2.35. The number of alkyl halides is 1. The van der Waals surface area contributed by atoms with Gasteiger partial charge in [0.2, 0.25) is 0 Å². The van der Waals surface area contributed by atoms with Gasteiger partial charge < -0.3 is 5.32 Å². The van der Waals surface area contributed by atoms with Crippen LogP contribution in [0.4, 0.5) is 4.39 Å². The molecule has 4 heteroatoms. The number of nitrogens with one attached hydrogen (secondary N) is 1. The molecule has 0 saturated carbocycles. The Labute approximate surface area is 99.8 Å². The van der Waals surface area contributed by atoms with E-state index in [1.165, 1.54) is 6.07 Å². The normalized spacial score (nSPS) is 10.2. The maximum atomic E-state index is 13.3. The van der Waals surface area contributed by atoms with E-state index in [4.69, 9.17) is 11.6 Å². The highest BCUT2D eigenvalue weighted by molar-refractivity contribution is 6.17. The molecule has 0 saturated heterocycles. The number of hydrogen-bond donors (Lipinski definition) is 1. The van der Waals surface area contributed by atoms with E-state index >= 15 is 0 Å². The molecule has 0 unspecified atom stereocenters. The first-order chi connectivity index (χ1) is 7.65. The molecule has 16 heavy (non-hydrogen) atoms. The minimum absolute atomic E-state index is 0.103. The second-order valence-corrected chi connectivity index (χ2v) is 4.01. The van der Waals surface area contributed by atoms with Crippen LogP contribution < -0.4 is 5.32 Å². The van der Waals surface area contributed by atoms with Crippen LogP contribution in [0.2, 0.25) is 0 Å². The molecule has 0 radical (unpaired) electrons. The van der Waals surface area contributed by atoms with Crippen LogP contribution in [0.5, 0.6) is 0 Å². The van der Waals surface area contributed by atoms with Gasteiger partial charge in [-0.3, -0.25) is 4.79 Å². The third-order valence-corrected chi connectivity index (χ3v) is 2.48. The summed E-state index contributed by atoms with van der Waals surface area (Å²) in [6, 6.07) is 4.49. The van der Waals surface area contributed by atoms with Gasteiger partial charge >= 0.3 is 0 Å². The molecular weight excluding hydrogens is 229 g/mol. The number of rotatable bonds is 5. The van der Waals surface area contributed by atoms with Crippen molar-refractivity contribution in [2.24, 2.45) is 0 Å².